The predicted octanol–water partition coefficient (Wildman–Crippen LogP) is 1.52. The molecule has 17 heavy (non-hydrogen) atoms. The third-order valence-corrected chi connectivity index (χ3v) is 2.51. The van der Waals surface area contributed by atoms with Gasteiger partial charge < -0.3 is 14.0 Å². The zero-order valence-electron chi connectivity index (χ0n) is 9.95. The fourth-order valence-electron chi connectivity index (χ4n) is 1.54. The van der Waals surface area contributed by atoms with Crippen LogP contribution in [-0.4, -0.2) is 29.5 Å². The SMILES string of the molecule is CCOC(=O)Cc1cc(OC)c(C(=O)Cl)n1C. The highest BCUT2D eigenvalue weighted by atomic mass is 35.5. The second-order valence-corrected chi connectivity index (χ2v) is 3.71. The van der Waals surface area contributed by atoms with Crippen molar-refractivity contribution in [1.82, 2.24) is 4.57 Å². The molecule has 1 aromatic heterocycles. The highest BCUT2D eigenvalue weighted by Crippen LogP contribution is 2.24. The van der Waals surface area contributed by atoms with Crippen LogP contribution < -0.4 is 4.74 Å². The summed E-state index contributed by atoms with van der Waals surface area (Å²) in [6, 6.07) is 1.60. The largest absolute Gasteiger partial charge is 0.494 e. The zero-order chi connectivity index (χ0) is 13.0. The first-order valence-electron chi connectivity index (χ1n) is 5.09. The molecule has 0 bridgehead atoms. The summed E-state index contributed by atoms with van der Waals surface area (Å²) in [7, 11) is 3.08. The molecule has 0 N–H and O–H groups in total. The van der Waals surface area contributed by atoms with Crippen LogP contribution in [0, 0.1) is 0 Å². The van der Waals surface area contributed by atoms with Crippen LogP contribution >= 0.6 is 11.6 Å². The second kappa shape index (κ2) is 5.72. The lowest BCUT2D eigenvalue weighted by Crippen LogP contribution is -2.12. The summed E-state index contributed by atoms with van der Waals surface area (Å²) in [4.78, 5) is 22.6. The van der Waals surface area contributed by atoms with Crippen molar-refractivity contribution < 1.29 is 19.1 Å². The van der Waals surface area contributed by atoms with Gasteiger partial charge in [0.2, 0.25) is 0 Å². The van der Waals surface area contributed by atoms with Crippen LogP contribution in [0.25, 0.3) is 0 Å². The Morgan fingerprint density at radius 3 is 2.53 bits per heavy atom. The molecule has 1 heterocycles. The Hall–Kier alpha value is -1.49. The van der Waals surface area contributed by atoms with Crippen LogP contribution in [0.2, 0.25) is 0 Å². The lowest BCUT2D eigenvalue weighted by atomic mass is 10.3. The third kappa shape index (κ3) is 3.00. The number of rotatable bonds is 5. The Kier molecular flexibility index (Phi) is 4.57. The molecule has 5 nitrogen and oxygen atoms in total. The zero-order valence-corrected chi connectivity index (χ0v) is 10.7. The Balaban J connectivity index is 3.02. The van der Waals surface area contributed by atoms with E-state index < -0.39 is 5.24 Å². The summed E-state index contributed by atoms with van der Waals surface area (Å²) in [6.07, 6.45) is 0.0743. The molecule has 0 spiro atoms. The Labute approximate surface area is 104 Å². The maximum Gasteiger partial charge on any atom is 0.311 e. The standard InChI is InChI=1S/C11H14ClNO4/c1-4-17-9(14)6-7-5-8(16-3)10(11(12)15)13(7)2/h5H,4,6H2,1-3H3. The maximum atomic E-state index is 11.3. The monoisotopic (exact) mass is 259 g/mol. The molecule has 0 amide bonds. The Bertz CT molecular complexity index is 439. The second-order valence-electron chi connectivity index (χ2n) is 3.37. The van der Waals surface area contributed by atoms with Gasteiger partial charge in [-0.3, -0.25) is 9.59 Å². The molecule has 0 aliphatic rings. The maximum absolute atomic E-state index is 11.3. The van der Waals surface area contributed by atoms with Gasteiger partial charge in [-0.1, -0.05) is 0 Å². The van der Waals surface area contributed by atoms with E-state index >= 15 is 0 Å². The molecule has 0 saturated carbocycles. The fourth-order valence-corrected chi connectivity index (χ4v) is 1.76. The number of carbonyl (C=O) groups is 2. The average Bonchev–Trinajstić information content (AvgIpc) is 2.56. The number of esters is 1. The van der Waals surface area contributed by atoms with Crippen molar-refractivity contribution in [2.75, 3.05) is 13.7 Å². The van der Waals surface area contributed by atoms with Crippen LogP contribution in [-0.2, 0) is 23.0 Å². The van der Waals surface area contributed by atoms with Crippen molar-refractivity contribution in [1.29, 1.82) is 0 Å². The lowest BCUT2D eigenvalue weighted by molar-refractivity contribution is -0.142. The molecule has 0 atom stereocenters. The van der Waals surface area contributed by atoms with Gasteiger partial charge in [0.1, 0.15) is 11.4 Å². The van der Waals surface area contributed by atoms with Gasteiger partial charge in [-0.15, -0.1) is 0 Å². The van der Waals surface area contributed by atoms with Crippen molar-refractivity contribution in [3.05, 3.63) is 17.5 Å². The van der Waals surface area contributed by atoms with Crippen LogP contribution in [0.15, 0.2) is 6.07 Å². The molecular formula is C11H14ClNO4. The number of halogens is 1. The van der Waals surface area contributed by atoms with Gasteiger partial charge in [0, 0.05) is 18.8 Å². The van der Waals surface area contributed by atoms with E-state index in [-0.39, 0.29) is 18.1 Å². The number of hydrogen-bond donors (Lipinski definition) is 0. The first kappa shape index (κ1) is 13.6. The average molecular weight is 260 g/mol. The van der Waals surface area contributed by atoms with Gasteiger partial charge in [-0.05, 0) is 18.5 Å². The van der Waals surface area contributed by atoms with Gasteiger partial charge in [0.25, 0.3) is 5.24 Å². The number of nitrogens with zero attached hydrogens (tertiary/aromatic N) is 1. The van der Waals surface area contributed by atoms with Gasteiger partial charge in [0.15, 0.2) is 0 Å². The van der Waals surface area contributed by atoms with E-state index in [0.29, 0.717) is 18.1 Å². The van der Waals surface area contributed by atoms with Crippen LogP contribution in [0.5, 0.6) is 5.75 Å². The lowest BCUT2D eigenvalue weighted by Gasteiger charge is -2.04. The van der Waals surface area contributed by atoms with E-state index in [9.17, 15) is 9.59 Å². The molecule has 0 aliphatic heterocycles. The number of hydrogen-bond acceptors (Lipinski definition) is 4. The number of ether oxygens (including phenoxy) is 2. The minimum Gasteiger partial charge on any atom is -0.494 e. The summed E-state index contributed by atoms with van der Waals surface area (Å²) in [5, 5.41) is -0.626. The predicted molar refractivity (Wildman–Crippen MR) is 62.5 cm³/mol. The van der Waals surface area contributed by atoms with Crippen molar-refractivity contribution >= 4 is 22.8 Å². The molecule has 0 fully saturated rings. The molecule has 0 saturated heterocycles. The minimum atomic E-state index is -0.626. The van der Waals surface area contributed by atoms with E-state index in [2.05, 4.69) is 0 Å². The fraction of sp³-hybridized carbons (Fsp3) is 0.455. The van der Waals surface area contributed by atoms with Gasteiger partial charge >= 0.3 is 5.97 Å². The minimum absolute atomic E-state index is 0.0743. The molecule has 0 unspecified atom stereocenters. The van der Waals surface area contributed by atoms with Crippen molar-refractivity contribution in [2.24, 2.45) is 7.05 Å². The van der Waals surface area contributed by atoms with Gasteiger partial charge in [-0.2, -0.15) is 0 Å². The highest BCUT2D eigenvalue weighted by Gasteiger charge is 2.20. The van der Waals surface area contributed by atoms with Crippen LogP contribution in [0.1, 0.15) is 23.1 Å². The van der Waals surface area contributed by atoms with Crippen molar-refractivity contribution in [3.63, 3.8) is 0 Å². The number of aromatic nitrogens is 1. The highest BCUT2D eigenvalue weighted by molar-refractivity contribution is 6.67. The third-order valence-electron chi connectivity index (χ3n) is 2.33. The summed E-state index contributed by atoms with van der Waals surface area (Å²) < 4.78 is 11.4. The van der Waals surface area contributed by atoms with E-state index in [1.165, 1.54) is 11.7 Å². The number of methoxy groups -OCH3 is 1. The first-order valence-corrected chi connectivity index (χ1v) is 5.47. The molecule has 1 aromatic rings. The molecule has 0 radical (unpaired) electrons. The molecule has 94 valence electrons. The molecule has 0 aromatic carbocycles. The summed E-state index contributed by atoms with van der Waals surface area (Å²) >= 11 is 5.45. The van der Waals surface area contributed by atoms with E-state index in [1.807, 2.05) is 0 Å². The van der Waals surface area contributed by atoms with Crippen molar-refractivity contribution in [3.8, 4) is 5.75 Å². The summed E-state index contributed by atoms with van der Waals surface area (Å²) in [6.45, 7) is 2.05. The molecular weight excluding hydrogens is 246 g/mol. The molecule has 6 heteroatoms. The molecule has 0 aliphatic carbocycles. The normalized spacial score (nSPS) is 10.1. The van der Waals surface area contributed by atoms with Crippen molar-refractivity contribution in [2.45, 2.75) is 13.3 Å². The van der Waals surface area contributed by atoms with Gasteiger partial charge in [-0.25, -0.2) is 0 Å². The van der Waals surface area contributed by atoms with Crippen LogP contribution in [0.3, 0.4) is 0 Å². The van der Waals surface area contributed by atoms with E-state index in [0.717, 1.165) is 0 Å². The van der Waals surface area contributed by atoms with Crippen LogP contribution in [0.4, 0.5) is 0 Å². The summed E-state index contributed by atoms with van der Waals surface area (Å²) in [5.41, 5.74) is 0.845. The Morgan fingerprint density at radius 1 is 1.47 bits per heavy atom. The van der Waals surface area contributed by atoms with E-state index in [4.69, 9.17) is 21.1 Å². The van der Waals surface area contributed by atoms with Gasteiger partial charge in [0.05, 0.1) is 20.1 Å². The molecule has 1 rings (SSSR count). The smallest absolute Gasteiger partial charge is 0.311 e. The Morgan fingerprint density at radius 2 is 2.12 bits per heavy atom. The summed E-state index contributed by atoms with van der Waals surface area (Å²) in [5.74, 6) is -0.00359. The number of carbonyl (C=O) groups excluding carboxylic acids is 2. The quantitative estimate of drug-likeness (QED) is 0.594. The van der Waals surface area contributed by atoms with E-state index in [1.54, 1.807) is 20.0 Å². The first-order chi connectivity index (χ1) is 8.01. The topological polar surface area (TPSA) is 57.5 Å².